The third-order valence-electron chi connectivity index (χ3n) is 4.19. The summed E-state index contributed by atoms with van der Waals surface area (Å²) in [6, 6.07) is 4.00. The summed E-state index contributed by atoms with van der Waals surface area (Å²) >= 11 is 0. The van der Waals surface area contributed by atoms with E-state index in [1.807, 2.05) is 6.07 Å². The molecule has 2 unspecified atom stereocenters. The van der Waals surface area contributed by atoms with Crippen molar-refractivity contribution in [1.29, 1.82) is 0 Å². The molecule has 1 saturated carbocycles. The fourth-order valence-electron chi connectivity index (χ4n) is 3.08. The van der Waals surface area contributed by atoms with Gasteiger partial charge in [-0.25, -0.2) is 4.79 Å². The zero-order chi connectivity index (χ0) is 14.5. The standard InChI is InChI=1S/C15H24N2O3/c1-17(13-6-4-3-5-11(13)9-16)10-12-7-8-14(20-12)15(18)19-2/h7-8,11,13H,3-6,9-10,16H2,1-2H3. The van der Waals surface area contributed by atoms with Crippen LogP contribution in [0.3, 0.4) is 0 Å². The van der Waals surface area contributed by atoms with Gasteiger partial charge in [0.2, 0.25) is 5.76 Å². The quantitative estimate of drug-likeness (QED) is 0.836. The van der Waals surface area contributed by atoms with Crippen molar-refractivity contribution in [1.82, 2.24) is 4.90 Å². The molecule has 5 heteroatoms. The first-order valence-corrected chi connectivity index (χ1v) is 7.23. The summed E-state index contributed by atoms with van der Waals surface area (Å²) in [5, 5.41) is 0. The van der Waals surface area contributed by atoms with Gasteiger partial charge in [0.25, 0.3) is 0 Å². The molecule has 1 aromatic rings. The van der Waals surface area contributed by atoms with Gasteiger partial charge in [0.15, 0.2) is 0 Å². The summed E-state index contributed by atoms with van der Waals surface area (Å²) < 4.78 is 10.2. The molecule has 0 amide bonds. The number of furan rings is 1. The van der Waals surface area contributed by atoms with E-state index in [0.717, 1.165) is 12.3 Å². The first kappa shape index (κ1) is 15.1. The van der Waals surface area contributed by atoms with E-state index in [2.05, 4.69) is 16.7 Å². The molecule has 1 heterocycles. The lowest BCUT2D eigenvalue weighted by Crippen LogP contribution is -2.42. The summed E-state index contributed by atoms with van der Waals surface area (Å²) in [4.78, 5) is 13.7. The van der Waals surface area contributed by atoms with Crippen molar-refractivity contribution in [3.63, 3.8) is 0 Å². The summed E-state index contributed by atoms with van der Waals surface area (Å²) in [7, 11) is 3.45. The third kappa shape index (κ3) is 3.41. The first-order valence-electron chi connectivity index (χ1n) is 7.23. The molecule has 112 valence electrons. The predicted molar refractivity (Wildman–Crippen MR) is 76.3 cm³/mol. The first-order chi connectivity index (χ1) is 9.65. The molecule has 0 aliphatic heterocycles. The molecule has 0 bridgehead atoms. The number of hydrogen-bond acceptors (Lipinski definition) is 5. The van der Waals surface area contributed by atoms with Crippen molar-refractivity contribution >= 4 is 5.97 Å². The third-order valence-corrected chi connectivity index (χ3v) is 4.19. The Morgan fingerprint density at radius 1 is 1.45 bits per heavy atom. The van der Waals surface area contributed by atoms with Crippen molar-refractivity contribution in [3.05, 3.63) is 23.7 Å². The van der Waals surface area contributed by atoms with E-state index in [1.54, 1.807) is 6.07 Å². The van der Waals surface area contributed by atoms with Crippen LogP contribution < -0.4 is 5.73 Å². The monoisotopic (exact) mass is 280 g/mol. The molecule has 2 atom stereocenters. The molecule has 1 aromatic heterocycles. The molecule has 0 saturated heterocycles. The van der Waals surface area contributed by atoms with E-state index < -0.39 is 5.97 Å². The van der Waals surface area contributed by atoms with Crippen LogP contribution in [-0.2, 0) is 11.3 Å². The van der Waals surface area contributed by atoms with Gasteiger partial charge in [0, 0.05) is 6.04 Å². The Morgan fingerprint density at radius 3 is 2.90 bits per heavy atom. The Morgan fingerprint density at radius 2 is 2.20 bits per heavy atom. The molecular weight excluding hydrogens is 256 g/mol. The zero-order valence-corrected chi connectivity index (χ0v) is 12.3. The number of methoxy groups -OCH3 is 1. The second-order valence-electron chi connectivity index (χ2n) is 5.52. The Kier molecular flexibility index (Phi) is 5.20. The minimum Gasteiger partial charge on any atom is -0.463 e. The Hall–Kier alpha value is -1.33. The molecular formula is C15H24N2O3. The minimum absolute atomic E-state index is 0.259. The van der Waals surface area contributed by atoms with Crippen molar-refractivity contribution in [2.75, 3.05) is 20.7 Å². The average molecular weight is 280 g/mol. The maximum absolute atomic E-state index is 11.4. The lowest BCUT2D eigenvalue weighted by atomic mass is 9.83. The molecule has 0 aromatic carbocycles. The fraction of sp³-hybridized carbons (Fsp3) is 0.667. The summed E-state index contributed by atoms with van der Waals surface area (Å²) in [5.41, 5.74) is 5.88. The summed E-state index contributed by atoms with van der Waals surface area (Å²) in [6.07, 6.45) is 4.93. The Bertz CT molecular complexity index is 444. The number of ether oxygens (including phenoxy) is 1. The molecule has 0 spiro atoms. The summed E-state index contributed by atoms with van der Waals surface area (Å²) in [6.45, 7) is 1.43. The number of carbonyl (C=O) groups is 1. The molecule has 0 radical (unpaired) electrons. The van der Waals surface area contributed by atoms with Crippen molar-refractivity contribution in [3.8, 4) is 0 Å². The van der Waals surface area contributed by atoms with Crippen LogP contribution >= 0.6 is 0 Å². The van der Waals surface area contributed by atoms with Crippen LogP contribution in [-0.4, -0.2) is 37.6 Å². The number of rotatable bonds is 5. The normalized spacial score (nSPS) is 23.0. The van der Waals surface area contributed by atoms with E-state index in [-0.39, 0.29) is 5.76 Å². The van der Waals surface area contributed by atoms with E-state index in [4.69, 9.17) is 10.2 Å². The molecule has 20 heavy (non-hydrogen) atoms. The highest BCUT2D eigenvalue weighted by molar-refractivity contribution is 5.86. The highest BCUT2D eigenvalue weighted by atomic mass is 16.5. The van der Waals surface area contributed by atoms with Crippen molar-refractivity contribution in [2.24, 2.45) is 11.7 Å². The molecule has 1 aliphatic carbocycles. The van der Waals surface area contributed by atoms with Crippen LogP contribution in [0.4, 0.5) is 0 Å². The van der Waals surface area contributed by atoms with Gasteiger partial charge in [0.1, 0.15) is 5.76 Å². The van der Waals surface area contributed by atoms with Crippen LogP contribution in [0.25, 0.3) is 0 Å². The number of esters is 1. The van der Waals surface area contributed by atoms with Gasteiger partial charge in [-0.3, -0.25) is 4.90 Å². The lowest BCUT2D eigenvalue weighted by Gasteiger charge is -2.37. The van der Waals surface area contributed by atoms with Crippen molar-refractivity contribution < 1.29 is 13.9 Å². The Labute approximate surface area is 120 Å². The van der Waals surface area contributed by atoms with Crippen LogP contribution in [0.1, 0.15) is 42.0 Å². The van der Waals surface area contributed by atoms with E-state index in [9.17, 15) is 4.79 Å². The van der Waals surface area contributed by atoms with Gasteiger partial charge in [-0.05, 0) is 44.5 Å². The number of nitrogens with zero attached hydrogens (tertiary/aromatic N) is 1. The lowest BCUT2D eigenvalue weighted by molar-refractivity contribution is 0.0558. The minimum atomic E-state index is -0.434. The Balaban J connectivity index is 1.97. The van der Waals surface area contributed by atoms with Gasteiger partial charge in [0.05, 0.1) is 13.7 Å². The highest BCUT2D eigenvalue weighted by Gasteiger charge is 2.27. The maximum Gasteiger partial charge on any atom is 0.373 e. The van der Waals surface area contributed by atoms with Gasteiger partial charge in [-0.15, -0.1) is 0 Å². The van der Waals surface area contributed by atoms with E-state index >= 15 is 0 Å². The van der Waals surface area contributed by atoms with Crippen LogP contribution in [0.5, 0.6) is 0 Å². The van der Waals surface area contributed by atoms with Crippen LogP contribution in [0.15, 0.2) is 16.5 Å². The molecule has 1 aliphatic rings. The average Bonchev–Trinajstić information content (AvgIpc) is 2.94. The molecule has 5 nitrogen and oxygen atoms in total. The summed E-state index contributed by atoms with van der Waals surface area (Å²) in [5.74, 6) is 1.17. The topological polar surface area (TPSA) is 68.7 Å². The van der Waals surface area contributed by atoms with E-state index in [1.165, 1.54) is 32.8 Å². The van der Waals surface area contributed by atoms with Crippen molar-refractivity contribution in [2.45, 2.75) is 38.3 Å². The number of carbonyl (C=O) groups excluding carboxylic acids is 1. The largest absolute Gasteiger partial charge is 0.463 e. The van der Waals surface area contributed by atoms with Gasteiger partial charge >= 0.3 is 5.97 Å². The molecule has 1 fully saturated rings. The highest BCUT2D eigenvalue weighted by Crippen LogP contribution is 2.28. The van der Waals surface area contributed by atoms with E-state index in [0.29, 0.717) is 18.5 Å². The fourth-order valence-corrected chi connectivity index (χ4v) is 3.08. The molecule has 2 rings (SSSR count). The SMILES string of the molecule is COC(=O)c1ccc(CN(C)C2CCCCC2CN)o1. The van der Waals surface area contributed by atoms with Gasteiger partial charge < -0.3 is 14.9 Å². The van der Waals surface area contributed by atoms with Gasteiger partial charge in [-0.1, -0.05) is 12.8 Å². The zero-order valence-electron chi connectivity index (χ0n) is 12.3. The predicted octanol–water partition coefficient (Wildman–Crippen LogP) is 2.02. The van der Waals surface area contributed by atoms with Gasteiger partial charge in [-0.2, -0.15) is 0 Å². The smallest absolute Gasteiger partial charge is 0.373 e. The molecule has 2 N–H and O–H groups in total. The van der Waals surface area contributed by atoms with Crippen LogP contribution in [0.2, 0.25) is 0 Å². The number of nitrogens with two attached hydrogens (primary N) is 1. The maximum atomic E-state index is 11.4. The second kappa shape index (κ2) is 6.90. The number of hydrogen-bond donors (Lipinski definition) is 1. The second-order valence-corrected chi connectivity index (χ2v) is 5.52. The van der Waals surface area contributed by atoms with Crippen LogP contribution in [0, 0.1) is 5.92 Å².